The van der Waals surface area contributed by atoms with Gasteiger partial charge in [0.1, 0.15) is 16.4 Å². The summed E-state index contributed by atoms with van der Waals surface area (Å²) in [5.41, 5.74) is 0. The van der Waals surface area contributed by atoms with Crippen molar-refractivity contribution in [1.29, 1.82) is 0 Å². The fraction of sp³-hybridized carbons (Fsp3) is 0. The molecule has 110 valence electrons. The van der Waals surface area contributed by atoms with Crippen molar-refractivity contribution in [2.24, 2.45) is 0 Å². The Bertz CT molecular complexity index is 922. The number of hydrogen-bond donors (Lipinski definition) is 4. The molecule has 2 rings (SSSR count). The minimum absolute atomic E-state index is 0. The maximum atomic E-state index is 11.0. The third-order valence-electron chi connectivity index (χ3n) is 2.56. The summed E-state index contributed by atoms with van der Waals surface area (Å²) in [6, 6.07) is 3.25. The molecule has 0 aliphatic carbocycles. The van der Waals surface area contributed by atoms with Crippen molar-refractivity contribution in [3.05, 3.63) is 24.3 Å². The van der Waals surface area contributed by atoms with E-state index in [1.54, 1.807) is 0 Å². The van der Waals surface area contributed by atoms with E-state index in [1.165, 1.54) is 0 Å². The molecule has 2 radical (unpaired) electrons. The summed E-state index contributed by atoms with van der Waals surface area (Å²) in [5, 5.41) is 19.0. The molecule has 0 spiro atoms. The number of fused-ring (bicyclic) bond motifs is 1. The van der Waals surface area contributed by atoms with Gasteiger partial charge in [0.25, 0.3) is 20.2 Å². The van der Waals surface area contributed by atoms with E-state index in [0.29, 0.717) is 0 Å². The van der Waals surface area contributed by atoms with Crippen LogP contribution in [0.3, 0.4) is 0 Å². The van der Waals surface area contributed by atoms with Crippen molar-refractivity contribution in [3.63, 3.8) is 0 Å². The Balaban J connectivity index is 0.00000220. The van der Waals surface area contributed by atoms with Crippen LogP contribution in [-0.4, -0.2) is 139 Å². The molecular formula is C10H8K2O8S2. The third-order valence-corrected chi connectivity index (χ3v) is 4.27. The minimum Gasteiger partial charge on any atom is -0.507 e. The second-order valence-corrected chi connectivity index (χ2v) is 6.75. The first kappa shape index (κ1) is 23.4. The predicted molar refractivity (Wildman–Crippen MR) is 78.4 cm³/mol. The molecule has 0 aliphatic heterocycles. The van der Waals surface area contributed by atoms with E-state index in [4.69, 9.17) is 9.11 Å². The van der Waals surface area contributed by atoms with Crippen molar-refractivity contribution in [1.82, 2.24) is 0 Å². The van der Waals surface area contributed by atoms with Crippen LogP contribution >= 0.6 is 0 Å². The first-order chi connectivity index (χ1) is 9.00. The SMILES string of the molecule is O=S(=O)(O)c1cc(O)c2cc(O)c(S(=O)(=O)O)cc2c1.[K].[K]. The minimum atomic E-state index is -4.73. The van der Waals surface area contributed by atoms with Gasteiger partial charge < -0.3 is 10.2 Å². The molecule has 0 heterocycles. The Kier molecular flexibility index (Phi) is 8.70. The van der Waals surface area contributed by atoms with Gasteiger partial charge in [-0.3, -0.25) is 9.11 Å². The molecule has 8 nitrogen and oxygen atoms in total. The summed E-state index contributed by atoms with van der Waals surface area (Å²) in [7, 11) is -9.34. The van der Waals surface area contributed by atoms with Gasteiger partial charge in [0.15, 0.2) is 0 Å². The van der Waals surface area contributed by atoms with Gasteiger partial charge in [-0.2, -0.15) is 16.8 Å². The fourth-order valence-electron chi connectivity index (χ4n) is 1.69. The zero-order valence-corrected chi connectivity index (χ0v) is 19.4. The van der Waals surface area contributed by atoms with Crippen LogP contribution in [0.25, 0.3) is 10.8 Å². The largest absolute Gasteiger partial charge is 0.507 e. The Morgan fingerprint density at radius 2 is 1.27 bits per heavy atom. The maximum absolute atomic E-state index is 11.0. The Labute approximate surface area is 211 Å². The molecule has 12 heteroatoms. The van der Waals surface area contributed by atoms with E-state index in [2.05, 4.69) is 0 Å². The number of phenols is 2. The van der Waals surface area contributed by atoms with Crippen molar-refractivity contribution in [3.8, 4) is 11.5 Å². The van der Waals surface area contributed by atoms with E-state index in [-0.39, 0.29) is 114 Å². The van der Waals surface area contributed by atoms with Crippen molar-refractivity contribution in [2.75, 3.05) is 0 Å². The molecule has 0 unspecified atom stereocenters. The molecule has 2 aromatic carbocycles. The van der Waals surface area contributed by atoms with Gasteiger partial charge in [0, 0.05) is 114 Å². The molecule has 2 aromatic rings. The average Bonchev–Trinajstić information content (AvgIpc) is 2.26. The first-order valence-corrected chi connectivity index (χ1v) is 7.83. The second-order valence-electron chi connectivity index (χ2n) is 3.93. The zero-order chi connectivity index (χ0) is 15.3. The monoisotopic (exact) mass is 398 g/mol. The fourth-order valence-corrected chi connectivity index (χ4v) is 2.82. The number of benzene rings is 2. The van der Waals surface area contributed by atoms with E-state index in [1.807, 2.05) is 0 Å². The molecule has 0 amide bonds. The molecular weight excluding hydrogens is 390 g/mol. The Hall–Kier alpha value is 1.39. The summed E-state index contributed by atoms with van der Waals surface area (Å²) >= 11 is 0. The van der Waals surface area contributed by atoms with Crippen LogP contribution in [0, 0.1) is 0 Å². The summed E-state index contributed by atoms with van der Waals surface area (Å²) in [5.74, 6) is -1.40. The maximum Gasteiger partial charge on any atom is 0.298 e. The molecule has 22 heavy (non-hydrogen) atoms. The first-order valence-electron chi connectivity index (χ1n) is 4.95. The summed E-state index contributed by atoms with van der Waals surface area (Å²) in [6.07, 6.45) is 0. The smallest absolute Gasteiger partial charge is 0.298 e. The summed E-state index contributed by atoms with van der Waals surface area (Å²) in [6.45, 7) is 0. The van der Waals surface area contributed by atoms with Crippen LogP contribution in [0.1, 0.15) is 0 Å². The van der Waals surface area contributed by atoms with Crippen LogP contribution in [0.5, 0.6) is 11.5 Å². The van der Waals surface area contributed by atoms with Crippen LogP contribution in [-0.2, 0) is 20.2 Å². The summed E-state index contributed by atoms with van der Waals surface area (Å²) < 4.78 is 61.9. The Morgan fingerprint density at radius 3 is 1.73 bits per heavy atom. The molecule has 0 fully saturated rings. The van der Waals surface area contributed by atoms with Gasteiger partial charge in [-0.25, -0.2) is 0 Å². The number of aromatic hydroxyl groups is 2. The zero-order valence-electron chi connectivity index (χ0n) is 11.5. The molecule has 0 bridgehead atoms. The van der Waals surface area contributed by atoms with Crippen LogP contribution in [0.4, 0.5) is 0 Å². The van der Waals surface area contributed by atoms with Gasteiger partial charge in [0.2, 0.25) is 0 Å². The molecule has 0 saturated carbocycles. The number of rotatable bonds is 2. The standard InChI is InChI=1S/C10H8O8S2.2K/c11-8-3-6(19(13,14)15)1-5-2-10(20(16,17)18)9(12)4-7(5)8;;/h1-4,11-12H,(H,13,14,15)(H,16,17,18);;. The van der Waals surface area contributed by atoms with E-state index in [0.717, 1.165) is 24.3 Å². The van der Waals surface area contributed by atoms with Crippen LogP contribution in [0.15, 0.2) is 34.1 Å². The number of hydrogen-bond acceptors (Lipinski definition) is 6. The number of phenolic OH excluding ortho intramolecular Hbond substituents is 2. The van der Waals surface area contributed by atoms with Crippen molar-refractivity contribution < 1.29 is 36.2 Å². The summed E-state index contributed by atoms with van der Waals surface area (Å²) in [4.78, 5) is -1.51. The molecule has 0 saturated heterocycles. The quantitative estimate of drug-likeness (QED) is 0.407. The van der Waals surface area contributed by atoms with E-state index >= 15 is 0 Å². The van der Waals surface area contributed by atoms with Gasteiger partial charge >= 0.3 is 0 Å². The van der Waals surface area contributed by atoms with Crippen LogP contribution < -0.4 is 0 Å². The van der Waals surface area contributed by atoms with Gasteiger partial charge in [-0.1, -0.05) is 0 Å². The molecule has 0 atom stereocenters. The Morgan fingerprint density at radius 1 is 0.727 bits per heavy atom. The topological polar surface area (TPSA) is 149 Å². The van der Waals surface area contributed by atoms with Gasteiger partial charge in [0.05, 0.1) is 4.90 Å². The second kappa shape index (κ2) is 8.18. The molecule has 0 aromatic heterocycles. The van der Waals surface area contributed by atoms with Crippen molar-refractivity contribution in [2.45, 2.75) is 9.79 Å². The van der Waals surface area contributed by atoms with Crippen molar-refractivity contribution >= 4 is 134 Å². The normalized spacial score (nSPS) is 11.5. The van der Waals surface area contributed by atoms with E-state index < -0.39 is 41.5 Å². The van der Waals surface area contributed by atoms with E-state index in [9.17, 15) is 27.0 Å². The molecule has 4 N–H and O–H groups in total. The third kappa shape index (κ3) is 5.19. The van der Waals surface area contributed by atoms with Gasteiger partial charge in [-0.15, -0.1) is 0 Å². The average molecular weight is 398 g/mol. The van der Waals surface area contributed by atoms with Gasteiger partial charge in [-0.05, 0) is 23.6 Å². The molecule has 0 aliphatic rings. The van der Waals surface area contributed by atoms with Crippen LogP contribution in [0.2, 0.25) is 0 Å². The predicted octanol–water partition coefficient (Wildman–Crippen LogP) is -0.0172.